The summed E-state index contributed by atoms with van der Waals surface area (Å²) in [5.74, 6) is 0.0677. The number of nitrogens with zero attached hydrogens (tertiary/aromatic N) is 1. The third-order valence-corrected chi connectivity index (χ3v) is 5.42. The van der Waals surface area contributed by atoms with Gasteiger partial charge in [0.05, 0.1) is 12.2 Å². The van der Waals surface area contributed by atoms with E-state index < -0.39 is 0 Å². The Morgan fingerprint density at radius 2 is 1.33 bits per heavy atom. The highest BCUT2D eigenvalue weighted by Crippen LogP contribution is 2.44. The maximum atomic E-state index is 6.54. The van der Waals surface area contributed by atoms with Crippen LogP contribution >= 0.6 is 35.4 Å². The molecule has 0 saturated carbocycles. The molecule has 0 spiro atoms. The number of benzene rings is 2. The summed E-state index contributed by atoms with van der Waals surface area (Å²) in [6.45, 7) is 4.18. The molecule has 7 heteroatoms. The second-order valence-corrected chi connectivity index (χ2v) is 7.98. The van der Waals surface area contributed by atoms with Crippen LogP contribution in [0.15, 0.2) is 53.6 Å². The van der Waals surface area contributed by atoms with E-state index in [0.717, 1.165) is 16.8 Å². The van der Waals surface area contributed by atoms with E-state index >= 15 is 0 Å². The lowest BCUT2D eigenvalue weighted by Crippen LogP contribution is -2.40. The summed E-state index contributed by atoms with van der Waals surface area (Å²) in [6.07, 6.45) is -0.350. The van der Waals surface area contributed by atoms with Crippen molar-refractivity contribution in [1.29, 1.82) is 0 Å². The minimum atomic E-state index is -0.175. The van der Waals surface area contributed by atoms with Crippen LogP contribution in [0.1, 0.15) is 37.2 Å². The third kappa shape index (κ3) is 4.61. The number of nitrogens with two attached hydrogens (primary N) is 1. The molecule has 27 heavy (non-hydrogen) atoms. The highest BCUT2D eigenvalue weighted by Gasteiger charge is 2.40. The first-order valence-corrected chi connectivity index (χ1v) is 9.82. The van der Waals surface area contributed by atoms with E-state index in [9.17, 15) is 0 Å². The van der Waals surface area contributed by atoms with Gasteiger partial charge < -0.3 is 10.5 Å². The second kappa shape index (κ2) is 8.57. The van der Waals surface area contributed by atoms with Crippen molar-refractivity contribution in [3.63, 3.8) is 0 Å². The van der Waals surface area contributed by atoms with Gasteiger partial charge in [0.25, 0.3) is 0 Å². The topological polar surface area (TPSA) is 59.6 Å². The third-order valence-electron chi connectivity index (χ3n) is 4.83. The Morgan fingerprint density at radius 1 is 0.926 bits per heavy atom. The van der Waals surface area contributed by atoms with Crippen molar-refractivity contribution in [2.45, 2.75) is 26.1 Å². The van der Waals surface area contributed by atoms with Crippen LogP contribution in [0.5, 0.6) is 0 Å². The number of halogens is 2. The molecule has 3 N–H and O–H groups in total. The standard InChI is InChI=1S/C20H21Cl2N3OS/c1-11-17(24-25-20(23)27)12(2)19(14-5-9-16(22)10-6-14)26-18(11)13-3-7-15(21)8-4-13/h3-12,18-19H,1-2H3,(H3,23,25,27)/t11-,12-,18-,19+/m1/s1. The zero-order valence-electron chi connectivity index (χ0n) is 15.0. The Balaban J connectivity index is 2.00. The summed E-state index contributed by atoms with van der Waals surface area (Å²) < 4.78 is 6.54. The normalized spacial score (nSPS) is 26.7. The van der Waals surface area contributed by atoms with E-state index in [-0.39, 0.29) is 29.2 Å². The zero-order chi connectivity index (χ0) is 19.6. The van der Waals surface area contributed by atoms with E-state index in [2.05, 4.69) is 24.4 Å². The molecule has 1 heterocycles. The molecule has 1 saturated heterocycles. The molecule has 0 aromatic heterocycles. The molecular formula is C20H21Cl2N3OS. The summed E-state index contributed by atoms with van der Waals surface area (Å²) in [5.41, 5.74) is 11.4. The number of ether oxygens (including phenoxy) is 1. The molecule has 0 bridgehead atoms. The number of hydrogen-bond donors (Lipinski definition) is 2. The van der Waals surface area contributed by atoms with Crippen molar-refractivity contribution in [2.24, 2.45) is 22.7 Å². The molecule has 4 nitrogen and oxygen atoms in total. The van der Waals surface area contributed by atoms with Gasteiger partial charge in [-0.3, -0.25) is 5.43 Å². The van der Waals surface area contributed by atoms with Crippen LogP contribution in [-0.4, -0.2) is 10.8 Å². The molecular weight excluding hydrogens is 401 g/mol. The van der Waals surface area contributed by atoms with Crippen molar-refractivity contribution in [2.75, 3.05) is 0 Å². The number of thiocarbonyl (C=S) groups is 1. The van der Waals surface area contributed by atoms with Crippen molar-refractivity contribution in [1.82, 2.24) is 5.43 Å². The SMILES string of the molecule is C[C@@H]1C(=NNC(N)=S)[C@@H](C)[C@H](c2ccc(Cl)cc2)O[C@@H]1c1ccc(Cl)cc1. The predicted molar refractivity (Wildman–Crippen MR) is 115 cm³/mol. The summed E-state index contributed by atoms with van der Waals surface area (Å²) in [7, 11) is 0. The highest BCUT2D eigenvalue weighted by atomic mass is 35.5. The van der Waals surface area contributed by atoms with Crippen LogP contribution in [0.4, 0.5) is 0 Å². The number of nitrogens with one attached hydrogen (secondary N) is 1. The lowest BCUT2D eigenvalue weighted by atomic mass is 9.79. The number of hydrogen-bond acceptors (Lipinski definition) is 3. The lowest BCUT2D eigenvalue weighted by molar-refractivity contribution is -0.0638. The van der Waals surface area contributed by atoms with E-state index in [1.165, 1.54) is 0 Å². The Labute approximate surface area is 174 Å². The maximum absolute atomic E-state index is 6.54. The minimum Gasteiger partial charge on any atom is -0.375 e. The molecule has 2 aromatic rings. The fraction of sp³-hybridized carbons (Fsp3) is 0.300. The Kier molecular flexibility index (Phi) is 6.37. The predicted octanol–water partition coefficient (Wildman–Crippen LogP) is 5.27. The molecule has 4 atom stereocenters. The van der Waals surface area contributed by atoms with Crippen LogP contribution in [0.25, 0.3) is 0 Å². The molecule has 0 aliphatic carbocycles. The molecule has 142 valence electrons. The second-order valence-electron chi connectivity index (χ2n) is 6.67. The minimum absolute atomic E-state index is 0.0339. The number of hydrazone groups is 1. The van der Waals surface area contributed by atoms with Gasteiger partial charge >= 0.3 is 0 Å². The van der Waals surface area contributed by atoms with Gasteiger partial charge in [-0.25, -0.2) is 0 Å². The van der Waals surface area contributed by atoms with Crippen LogP contribution < -0.4 is 11.2 Å². The van der Waals surface area contributed by atoms with Crippen molar-refractivity contribution in [3.05, 3.63) is 69.7 Å². The van der Waals surface area contributed by atoms with E-state index in [1.54, 1.807) is 0 Å². The van der Waals surface area contributed by atoms with Crippen LogP contribution in [0, 0.1) is 11.8 Å². The average molecular weight is 422 g/mol. The van der Waals surface area contributed by atoms with Gasteiger partial charge in [-0.2, -0.15) is 5.10 Å². The molecule has 2 aromatic carbocycles. The van der Waals surface area contributed by atoms with Gasteiger partial charge in [0.2, 0.25) is 0 Å². The van der Waals surface area contributed by atoms with Crippen molar-refractivity contribution < 1.29 is 4.74 Å². The van der Waals surface area contributed by atoms with E-state index in [1.807, 2.05) is 48.5 Å². The monoisotopic (exact) mass is 421 g/mol. The Bertz CT molecular complexity index is 780. The number of rotatable bonds is 3. The van der Waals surface area contributed by atoms with Crippen LogP contribution in [0.2, 0.25) is 10.0 Å². The fourth-order valence-corrected chi connectivity index (χ4v) is 3.78. The summed E-state index contributed by atoms with van der Waals surface area (Å²) in [6, 6.07) is 15.4. The first-order valence-electron chi connectivity index (χ1n) is 8.66. The molecule has 0 amide bonds. The van der Waals surface area contributed by atoms with Crippen LogP contribution in [0.3, 0.4) is 0 Å². The molecule has 1 fully saturated rings. The highest BCUT2D eigenvalue weighted by molar-refractivity contribution is 7.80. The maximum Gasteiger partial charge on any atom is 0.184 e. The van der Waals surface area contributed by atoms with Gasteiger partial charge in [0.15, 0.2) is 5.11 Å². The van der Waals surface area contributed by atoms with E-state index in [0.29, 0.717) is 10.0 Å². The first kappa shape index (κ1) is 20.1. The summed E-state index contributed by atoms with van der Waals surface area (Å²) in [4.78, 5) is 0. The smallest absolute Gasteiger partial charge is 0.184 e. The van der Waals surface area contributed by atoms with Gasteiger partial charge in [-0.05, 0) is 47.6 Å². The summed E-state index contributed by atoms with van der Waals surface area (Å²) in [5, 5.41) is 6.02. The van der Waals surface area contributed by atoms with Crippen molar-refractivity contribution in [3.8, 4) is 0 Å². The molecule has 3 rings (SSSR count). The average Bonchev–Trinajstić information content (AvgIpc) is 2.63. The zero-order valence-corrected chi connectivity index (χ0v) is 17.4. The van der Waals surface area contributed by atoms with Gasteiger partial charge in [0, 0.05) is 27.6 Å². The van der Waals surface area contributed by atoms with E-state index in [4.69, 9.17) is 45.9 Å². The Hall–Kier alpha value is -1.66. The molecule has 1 aliphatic rings. The lowest BCUT2D eigenvalue weighted by Gasteiger charge is -2.40. The molecule has 0 radical (unpaired) electrons. The molecule has 0 unspecified atom stereocenters. The van der Waals surface area contributed by atoms with Gasteiger partial charge in [0.1, 0.15) is 0 Å². The quantitative estimate of drug-likeness (QED) is 0.523. The Morgan fingerprint density at radius 3 is 1.70 bits per heavy atom. The summed E-state index contributed by atoms with van der Waals surface area (Å²) >= 11 is 17.0. The van der Waals surface area contributed by atoms with Crippen molar-refractivity contribution >= 4 is 46.2 Å². The largest absolute Gasteiger partial charge is 0.375 e. The van der Waals surface area contributed by atoms with Gasteiger partial charge in [-0.1, -0.05) is 61.3 Å². The van der Waals surface area contributed by atoms with Gasteiger partial charge in [-0.15, -0.1) is 0 Å². The van der Waals surface area contributed by atoms with Crippen LogP contribution in [-0.2, 0) is 4.74 Å². The molecule has 1 aliphatic heterocycles. The fourth-order valence-electron chi connectivity index (χ4n) is 3.48. The first-order chi connectivity index (χ1) is 12.9.